The van der Waals surface area contributed by atoms with E-state index in [4.69, 9.17) is 27.9 Å². The van der Waals surface area contributed by atoms with E-state index < -0.39 is 44.5 Å². The summed E-state index contributed by atoms with van der Waals surface area (Å²) in [5.41, 5.74) is 0.346. The van der Waals surface area contributed by atoms with Gasteiger partial charge in [0.15, 0.2) is 17.7 Å². The Morgan fingerprint density at radius 3 is 2.29 bits per heavy atom. The van der Waals surface area contributed by atoms with E-state index >= 15 is 0 Å². The highest BCUT2D eigenvalue weighted by atomic mass is 35.5. The van der Waals surface area contributed by atoms with Gasteiger partial charge in [-0.05, 0) is 61.5 Å². The molecule has 0 aliphatic rings. The molecule has 0 fully saturated rings. The molecule has 3 aromatic carbocycles. The Bertz CT molecular complexity index is 1350. The molecular weight excluding hydrogens is 513 g/mol. The molecule has 3 rings (SSSR count). The van der Waals surface area contributed by atoms with E-state index in [9.17, 15) is 26.8 Å². The minimum absolute atomic E-state index is 0.0382. The van der Waals surface area contributed by atoms with Gasteiger partial charge in [0.05, 0.1) is 26.2 Å². The van der Waals surface area contributed by atoms with E-state index in [2.05, 4.69) is 10.0 Å². The summed E-state index contributed by atoms with van der Waals surface area (Å²) in [7, 11) is -4.20. The number of hydrogen-bond acceptors (Lipinski definition) is 5. The van der Waals surface area contributed by atoms with Crippen LogP contribution in [0.5, 0.6) is 0 Å². The van der Waals surface area contributed by atoms with Crippen LogP contribution in [0.3, 0.4) is 0 Å². The van der Waals surface area contributed by atoms with Crippen molar-refractivity contribution in [1.29, 1.82) is 0 Å². The zero-order valence-corrected chi connectivity index (χ0v) is 19.6. The van der Waals surface area contributed by atoms with E-state index in [-0.39, 0.29) is 27.0 Å². The normalized spacial score (nSPS) is 12.0. The maximum atomic E-state index is 13.4. The lowest BCUT2D eigenvalue weighted by atomic mass is 10.2. The average molecular weight is 529 g/mol. The topological polar surface area (TPSA) is 102 Å². The highest BCUT2D eigenvalue weighted by molar-refractivity contribution is 7.92. The minimum Gasteiger partial charge on any atom is -0.449 e. The zero-order valence-electron chi connectivity index (χ0n) is 17.3. The van der Waals surface area contributed by atoms with Crippen molar-refractivity contribution in [1.82, 2.24) is 0 Å². The van der Waals surface area contributed by atoms with Gasteiger partial charge in [0.25, 0.3) is 15.9 Å². The highest BCUT2D eigenvalue weighted by Crippen LogP contribution is 2.29. The van der Waals surface area contributed by atoms with Gasteiger partial charge in [-0.1, -0.05) is 29.3 Å². The molecule has 3 aromatic rings. The Morgan fingerprint density at radius 1 is 0.971 bits per heavy atom. The molecular formula is C22H16Cl2F2N2O5S. The maximum Gasteiger partial charge on any atom is 0.338 e. The molecule has 12 heteroatoms. The summed E-state index contributed by atoms with van der Waals surface area (Å²) in [4.78, 5) is 24.2. The number of esters is 1. The first-order chi connectivity index (χ1) is 16.0. The maximum absolute atomic E-state index is 13.4. The molecule has 34 heavy (non-hydrogen) atoms. The second kappa shape index (κ2) is 10.4. The number of sulfonamides is 1. The summed E-state index contributed by atoms with van der Waals surface area (Å²) in [5.74, 6) is -3.97. The van der Waals surface area contributed by atoms with Crippen LogP contribution in [-0.2, 0) is 19.6 Å². The number of carbonyl (C=O) groups excluding carboxylic acids is 2. The van der Waals surface area contributed by atoms with Crippen molar-refractivity contribution in [2.45, 2.75) is 17.9 Å². The third kappa shape index (κ3) is 6.02. The average Bonchev–Trinajstić information content (AvgIpc) is 2.78. The number of ether oxygens (including phenoxy) is 1. The lowest BCUT2D eigenvalue weighted by molar-refractivity contribution is -0.123. The summed E-state index contributed by atoms with van der Waals surface area (Å²) in [6.07, 6.45) is -1.19. The lowest BCUT2D eigenvalue weighted by Crippen LogP contribution is -2.30. The van der Waals surface area contributed by atoms with Crippen molar-refractivity contribution in [3.63, 3.8) is 0 Å². The predicted molar refractivity (Wildman–Crippen MR) is 124 cm³/mol. The Labute approximate surface area is 203 Å². The fourth-order valence-corrected chi connectivity index (χ4v) is 4.07. The Balaban J connectivity index is 1.63. The molecule has 0 aliphatic heterocycles. The molecule has 1 amide bonds. The molecule has 0 saturated heterocycles. The van der Waals surface area contributed by atoms with Gasteiger partial charge in [0.1, 0.15) is 0 Å². The summed E-state index contributed by atoms with van der Waals surface area (Å²) in [5, 5.41) is 2.88. The number of rotatable bonds is 7. The quantitative estimate of drug-likeness (QED) is 0.407. The summed E-state index contributed by atoms with van der Waals surface area (Å²) >= 11 is 11.9. The second-order valence-corrected chi connectivity index (χ2v) is 9.36. The number of hydrogen-bond donors (Lipinski definition) is 2. The Morgan fingerprint density at radius 2 is 1.65 bits per heavy atom. The third-order valence-corrected chi connectivity index (χ3v) is 6.63. The number of anilines is 2. The molecule has 0 spiro atoms. The van der Waals surface area contributed by atoms with Gasteiger partial charge in [-0.2, -0.15) is 0 Å². The molecule has 178 valence electrons. The van der Waals surface area contributed by atoms with Gasteiger partial charge in [-0.15, -0.1) is 0 Å². The van der Waals surface area contributed by atoms with Crippen LogP contribution < -0.4 is 10.0 Å². The lowest BCUT2D eigenvalue weighted by Gasteiger charge is -2.15. The van der Waals surface area contributed by atoms with Gasteiger partial charge in [-0.25, -0.2) is 22.0 Å². The van der Waals surface area contributed by atoms with Gasteiger partial charge in [-0.3, -0.25) is 9.52 Å². The SMILES string of the molecule is C[C@@H](OC(=O)c1ccc(NS(=O)(=O)c2ccc(F)c(F)c2)cc1)C(=O)Nc1cccc(Cl)c1Cl. The van der Waals surface area contributed by atoms with E-state index in [0.29, 0.717) is 12.1 Å². The number of nitrogens with one attached hydrogen (secondary N) is 2. The smallest absolute Gasteiger partial charge is 0.338 e. The monoisotopic (exact) mass is 528 g/mol. The van der Waals surface area contributed by atoms with Crippen LogP contribution in [0.15, 0.2) is 65.6 Å². The van der Waals surface area contributed by atoms with Crippen molar-refractivity contribution in [2.75, 3.05) is 10.0 Å². The predicted octanol–water partition coefficient (Wildman–Crippen LogP) is 5.26. The van der Waals surface area contributed by atoms with Crippen LogP contribution in [-0.4, -0.2) is 26.4 Å². The van der Waals surface area contributed by atoms with Crippen molar-refractivity contribution < 1.29 is 31.5 Å². The summed E-state index contributed by atoms with van der Waals surface area (Å²) in [6.45, 7) is 1.36. The standard InChI is InChI=1S/C22H16Cl2F2N2O5S/c1-12(21(29)27-19-4-2-3-16(23)20(19)24)33-22(30)13-5-7-14(8-6-13)28-34(31,32)15-9-10-17(25)18(26)11-15/h2-12,28H,1H3,(H,27,29)/t12-/m1/s1. The van der Waals surface area contributed by atoms with Crippen LogP contribution >= 0.6 is 23.2 Å². The second-order valence-electron chi connectivity index (χ2n) is 6.90. The van der Waals surface area contributed by atoms with Gasteiger partial charge < -0.3 is 10.1 Å². The molecule has 0 radical (unpaired) electrons. The Kier molecular flexibility index (Phi) is 7.75. The molecule has 0 unspecified atom stereocenters. The zero-order chi connectivity index (χ0) is 25.0. The molecule has 7 nitrogen and oxygen atoms in total. The first-order valence-corrected chi connectivity index (χ1v) is 11.8. The first kappa shape index (κ1) is 25.4. The van der Waals surface area contributed by atoms with E-state index in [1.165, 1.54) is 37.3 Å². The van der Waals surface area contributed by atoms with Crippen LogP contribution in [0.2, 0.25) is 10.0 Å². The van der Waals surface area contributed by atoms with E-state index in [1.807, 2.05) is 0 Å². The van der Waals surface area contributed by atoms with Crippen molar-refractivity contribution in [2.24, 2.45) is 0 Å². The molecule has 0 heterocycles. The van der Waals surface area contributed by atoms with Gasteiger partial charge >= 0.3 is 5.97 Å². The number of benzene rings is 3. The Hall–Kier alpha value is -3.21. The molecule has 0 aliphatic carbocycles. The molecule has 2 N–H and O–H groups in total. The van der Waals surface area contributed by atoms with Crippen LogP contribution in [0.25, 0.3) is 0 Å². The third-order valence-electron chi connectivity index (χ3n) is 4.44. The van der Waals surface area contributed by atoms with Gasteiger partial charge in [0.2, 0.25) is 0 Å². The number of amides is 1. The minimum atomic E-state index is -4.20. The van der Waals surface area contributed by atoms with Crippen molar-refractivity contribution >= 4 is 56.5 Å². The van der Waals surface area contributed by atoms with Crippen LogP contribution in [0.4, 0.5) is 20.2 Å². The van der Waals surface area contributed by atoms with Gasteiger partial charge in [0, 0.05) is 5.69 Å². The molecule has 0 saturated carbocycles. The van der Waals surface area contributed by atoms with Crippen LogP contribution in [0.1, 0.15) is 17.3 Å². The first-order valence-electron chi connectivity index (χ1n) is 9.52. The molecule has 0 aromatic heterocycles. The highest BCUT2D eigenvalue weighted by Gasteiger charge is 2.21. The largest absolute Gasteiger partial charge is 0.449 e. The van der Waals surface area contributed by atoms with E-state index in [1.54, 1.807) is 12.1 Å². The number of halogens is 4. The molecule has 1 atom stereocenters. The molecule has 0 bridgehead atoms. The van der Waals surface area contributed by atoms with Crippen molar-refractivity contribution in [3.05, 3.63) is 87.9 Å². The fourth-order valence-electron chi connectivity index (χ4n) is 2.65. The van der Waals surface area contributed by atoms with E-state index in [0.717, 1.165) is 6.07 Å². The summed E-state index contributed by atoms with van der Waals surface area (Å²) < 4.78 is 58.4. The number of carbonyl (C=O) groups is 2. The summed E-state index contributed by atoms with van der Waals surface area (Å²) in [6, 6.07) is 11.9. The van der Waals surface area contributed by atoms with Crippen LogP contribution in [0, 0.1) is 11.6 Å². The van der Waals surface area contributed by atoms with Crippen molar-refractivity contribution in [3.8, 4) is 0 Å². The fraction of sp³-hybridized carbons (Fsp3) is 0.0909.